The van der Waals surface area contributed by atoms with Gasteiger partial charge in [0.25, 0.3) is 0 Å². The van der Waals surface area contributed by atoms with Crippen molar-refractivity contribution in [2.45, 2.75) is 25.9 Å². The van der Waals surface area contributed by atoms with Gasteiger partial charge in [-0.3, -0.25) is 0 Å². The number of carbonyl (C=O) groups excluding carboxylic acids is 1. The summed E-state index contributed by atoms with van der Waals surface area (Å²) in [7, 11) is 0. The van der Waals surface area contributed by atoms with E-state index in [0.717, 1.165) is 21.3 Å². The van der Waals surface area contributed by atoms with Crippen LogP contribution in [0.4, 0.5) is 4.79 Å². The molecule has 1 aliphatic rings. The normalized spacial score (nSPS) is 14.8. The third-order valence-electron chi connectivity index (χ3n) is 3.94. The maximum absolute atomic E-state index is 12.2. The number of hydrogen-bond donors (Lipinski definition) is 2. The number of ether oxygens (including phenoxy) is 2. The molecule has 0 aromatic heterocycles. The third-order valence-corrected chi connectivity index (χ3v) is 4.43. The van der Waals surface area contributed by atoms with E-state index in [2.05, 4.69) is 26.6 Å². The minimum Gasteiger partial charge on any atom is -0.454 e. The molecule has 0 spiro atoms. The van der Waals surface area contributed by atoms with E-state index in [1.807, 2.05) is 56.3 Å². The van der Waals surface area contributed by atoms with Gasteiger partial charge in [0, 0.05) is 4.47 Å². The molecule has 2 aromatic rings. The summed E-state index contributed by atoms with van der Waals surface area (Å²) in [5.41, 5.74) is 2.00. The van der Waals surface area contributed by atoms with Gasteiger partial charge in [-0.15, -0.1) is 0 Å². The fourth-order valence-corrected chi connectivity index (χ4v) is 2.98. The van der Waals surface area contributed by atoms with Crippen LogP contribution in [-0.2, 0) is 0 Å². The second-order valence-electron chi connectivity index (χ2n) is 5.73. The SMILES string of the molecule is C[C@H](NC(=O)N[C@@H](C)c1ccc2c(c1)OCO2)c1cccc(Br)c1. The third kappa shape index (κ3) is 3.82. The summed E-state index contributed by atoms with van der Waals surface area (Å²) in [4.78, 5) is 12.2. The van der Waals surface area contributed by atoms with Crippen molar-refractivity contribution in [3.8, 4) is 11.5 Å². The van der Waals surface area contributed by atoms with Gasteiger partial charge in [0.2, 0.25) is 6.79 Å². The van der Waals surface area contributed by atoms with Crippen molar-refractivity contribution < 1.29 is 14.3 Å². The lowest BCUT2D eigenvalue weighted by molar-refractivity contribution is 0.174. The molecule has 2 amide bonds. The Morgan fingerprint density at radius 3 is 2.38 bits per heavy atom. The highest BCUT2D eigenvalue weighted by Gasteiger charge is 2.17. The summed E-state index contributed by atoms with van der Waals surface area (Å²) in [6.45, 7) is 4.12. The van der Waals surface area contributed by atoms with Crippen LogP contribution >= 0.6 is 15.9 Å². The Kier molecular flexibility index (Phi) is 4.94. The maximum Gasteiger partial charge on any atom is 0.315 e. The molecule has 0 saturated heterocycles. The molecule has 0 radical (unpaired) electrons. The van der Waals surface area contributed by atoms with Crippen LogP contribution in [0.5, 0.6) is 11.5 Å². The minimum atomic E-state index is -0.215. The van der Waals surface area contributed by atoms with Gasteiger partial charge in [-0.1, -0.05) is 34.1 Å². The summed E-state index contributed by atoms with van der Waals surface area (Å²) >= 11 is 3.44. The molecule has 2 atom stereocenters. The zero-order valence-corrected chi connectivity index (χ0v) is 15.1. The number of fused-ring (bicyclic) bond motifs is 1. The fraction of sp³-hybridized carbons (Fsp3) is 0.278. The van der Waals surface area contributed by atoms with Gasteiger partial charge in [-0.05, 0) is 49.2 Å². The van der Waals surface area contributed by atoms with E-state index in [-0.39, 0.29) is 24.9 Å². The van der Waals surface area contributed by atoms with Crippen molar-refractivity contribution in [3.05, 3.63) is 58.1 Å². The Bertz CT molecular complexity index is 751. The van der Waals surface area contributed by atoms with E-state index in [0.29, 0.717) is 5.75 Å². The second-order valence-corrected chi connectivity index (χ2v) is 6.64. The number of nitrogens with one attached hydrogen (secondary N) is 2. The highest BCUT2D eigenvalue weighted by Crippen LogP contribution is 2.34. The molecule has 0 unspecified atom stereocenters. The van der Waals surface area contributed by atoms with Crippen LogP contribution in [0.25, 0.3) is 0 Å². The number of hydrogen-bond acceptors (Lipinski definition) is 3. The Balaban J connectivity index is 1.60. The summed E-state index contributed by atoms with van der Waals surface area (Å²) in [6.07, 6.45) is 0. The first-order valence-corrected chi connectivity index (χ1v) is 8.54. The van der Waals surface area contributed by atoms with Crippen molar-refractivity contribution in [1.29, 1.82) is 0 Å². The van der Waals surface area contributed by atoms with E-state index >= 15 is 0 Å². The predicted molar refractivity (Wildman–Crippen MR) is 95.2 cm³/mol. The first-order chi connectivity index (χ1) is 11.5. The summed E-state index contributed by atoms with van der Waals surface area (Å²) < 4.78 is 11.7. The van der Waals surface area contributed by atoms with Crippen LogP contribution in [0.2, 0.25) is 0 Å². The fourth-order valence-electron chi connectivity index (χ4n) is 2.56. The summed E-state index contributed by atoms with van der Waals surface area (Å²) in [5.74, 6) is 1.45. The monoisotopic (exact) mass is 390 g/mol. The first-order valence-electron chi connectivity index (χ1n) is 7.75. The standard InChI is InChI=1S/C18H19BrN2O3/c1-11(13-4-3-5-15(19)8-13)20-18(22)21-12(2)14-6-7-16-17(9-14)24-10-23-16/h3-9,11-12H,10H2,1-2H3,(H2,20,21,22)/t11-,12-/m0/s1. The number of urea groups is 1. The number of benzene rings is 2. The summed E-state index contributed by atoms with van der Waals surface area (Å²) in [5, 5.41) is 5.89. The molecule has 0 fully saturated rings. The smallest absolute Gasteiger partial charge is 0.315 e. The Labute approximate surface area is 149 Å². The van der Waals surface area contributed by atoms with Crippen molar-refractivity contribution in [2.24, 2.45) is 0 Å². The van der Waals surface area contributed by atoms with Gasteiger partial charge in [-0.2, -0.15) is 0 Å². The number of rotatable bonds is 4. The highest BCUT2D eigenvalue weighted by molar-refractivity contribution is 9.10. The predicted octanol–water partition coefficient (Wildman–Crippen LogP) is 4.30. The second kappa shape index (κ2) is 7.13. The first kappa shape index (κ1) is 16.6. The van der Waals surface area contributed by atoms with Gasteiger partial charge in [0.1, 0.15) is 0 Å². The molecule has 6 heteroatoms. The molecule has 0 saturated carbocycles. The topological polar surface area (TPSA) is 59.6 Å². The van der Waals surface area contributed by atoms with Gasteiger partial charge in [-0.25, -0.2) is 4.79 Å². The number of halogens is 1. The van der Waals surface area contributed by atoms with Crippen LogP contribution in [0.15, 0.2) is 46.9 Å². The van der Waals surface area contributed by atoms with E-state index in [1.165, 1.54) is 0 Å². The van der Waals surface area contributed by atoms with Gasteiger partial charge < -0.3 is 20.1 Å². The zero-order chi connectivity index (χ0) is 17.1. The molecule has 2 N–H and O–H groups in total. The molecule has 5 nitrogen and oxygen atoms in total. The van der Waals surface area contributed by atoms with Crippen LogP contribution in [0.3, 0.4) is 0 Å². The molecule has 0 aliphatic carbocycles. The molecule has 1 heterocycles. The maximum atomic E-state index is 12.2. The van der Waals surface area contributed by atoms with Crippen LogP contribution < -0.4 is 20.1 Å². The number of amides is 2. The molecule has 24 heavy (non-hydrogen) atoms. The molecule has 0 bridgehead atoms. The molecular weight excluding hydrogens is 372 g/mol. The van der Waals surface area contributed by atoms with Crippen molar-refractivity contribution in [3.63, 3.8) is 0 Å². The molecule has 3 rings (SSSR count). The van der Waals surface area contributed by atoms with Crippen LogP contribution in [-0.4, -0.2) is 12.8 Å². The van der Waals surface area contributed by atoms with Crippen LogP contribution in [0.1, 0.15) is 37.1 Å². The largest absolute Gasteiger partial charge is 0.454 e. The average Bonchev–Trinajstić information content (AvgIpc) is 3.02. The Morgan fingerprint density at radius 2 is 1.67 bits per heavy atom. The minimum absolute atomic E-state index is 0.0912. The van der Waals surface area contributed by atoms with Crippen molar-refractivity contribution in [2.75, 3.05) is 6.79 Å². The van der Waals surface area contributed by atoms with E-state index in [4.69, 9.17) is 9.47 Å². The van der Waals surface area contributed by atoms with E-state index in [9.17, 15) is 4.79 Å². The lowest BCUT2D eigenvalue weighted by Crippen LogP contribution is -2.38. The highest BCUT2D eigenvalue weighted by atomic mass is 79.9. The Morgan fingerprint density at radius 1 is 1.00 bits per heavy atom. The van der Waals surface area contributed by atoms with E-state index < -0.39 is 0 Å². The summed E-state index contributed by atoms with van der Waals surface area (Å²) in [6, 6.07) is 13.1. The van der Waals surface area contributed by atoms with Gasteiger partial charge in [0.05, 0.1) is 12.1 Å². The lowest BCUT2D eigenvalue weighted by atomic mass is 10.1. The quantitative estimate of drug-likeness (QED) is 0.817. The van der Waals surface area contributed by atoms with Crippen molar-refractivity contribution in [1.82, 2.24) is 10.6 Å². The lowest BCUT2D eigenvalue weighted by Gasteiger charge is -2.19. The van der Waals surface area contributed by atoms with Gasteiger partial charge in [0.15, 0.2) is 11.5 Å². The average molecular weight is 391 g/mol. The van der Waals surface area contributed by atoms with E-state index in [1.54, 1.807) is 0 Å². The van der Waals surface area contributed by atoms with Crippen molar-refractivity contribution >= 4 is 22.0 Å². The number of carbonyl (C=O) groups is 1. The molecule has 1 aliphatic heterocycles. The zero-order valence-electron chi connectivity index (χ0n) is 13.5. The molecule has 2 aromatic carbocycles. The van der Waals surface area contributed by atoms with Crippen LogP contribution in [0, 0.1) is 0 Å². The molecular formula is C18H19BrN2O3. The van der Waals surface area contributed by atoms with Gasteiger partial charge >= 0.3 is 6.03 Å². The molecule has 126 valence electrons. The Hall–Kier alpha value is -2.21.